The first kappa shape index (κ1) is 10.7. The monoisotopic (exact) mass is 317 g/mol. The van der Waals surface area contributed by atoms with E-state index in [0.29, 0.717) is 23.8 Å². The summed E-state index contributed by atoms with van der Waals surface area (Å²) in [5, 5.41) is 0. The molecule has 1 aromatic rings. The molecule has 0 atom stereocenters. The fourth-order valence-electron chi connectivity index (χ4n) is 1.26. The van der Waals surface area contributed by atoms with Crippen LogP contribution in [0.4, 0.5) is 5.69 Å². The summed E-state index contributed by atoms with van der Waals surface area (Å²) in [5.74, 6) is 0.274. The maximum Gasteiger partial charge on any atom is 0.340 e. The number of hydrogen-bond donors (Lipinski definition) is 1. The van der Waals surface area contributed by atoms with Crippen molar-refractivity contribution < 1.29 is 9.53 Å². The third kappa shape index (κ3) is 2.84. The van der Waals surface area contributed by atoms with E-state index >= 15 is 0 Å². The number of nitrogens with two attached hydrogens (primary N) is 1. The van der Waals surface area contributed by atoms with Gasteiger partial charge in [0.25, 0.3) is 0 Å². The zero-order chi connectivity index (χ0) is 10.8. The smallest absolute Gasteiger partial charge is 0.340 e. The van der Waals surface area contributed by atoms with Crippen molar-refractivity contribution in [3.63, 3.8) is 0 Å². The third-order valence-electron chi connectivity index (χ3n) is 2.38. The van der Waals surface area contributed by atoms with Gasteiger partial charge in [-0.3, -0.25) is 0 Å². The highest BCUT2D eigenvalue weighted by atomic mass is 127. The second-order valence-corrected chi connectivity index (χ2v) is 5.02. The quantitative estimate of drug-likeness (QED) is 0.529. The van der Waals surface area contributed by atoms with E-state index in [4.69, 9.17) is 10.5 Å². The molecule has 4 heteroatoms. The Hall–Kier alpha value is -0.780. The van der Waals surface area contributed by atoms with E-state index in [9.17, 15) is 4.79 Å². The van der Waals surface area contributed by atoms with E-state index in [2.05, 4.69) is 22.6 Å². The summed E-state index contributed by atoms with van der Waals surface area (Å²) in [6.07, 6.45) is 2.35. The summed E-state index contributed by atoms with van der Waals surface area (Å²) in [4.78, 5) is 11.6. The fraction of sp³-hybridized carbons (Fsp3) is 0.364. The van der Waals surface area contributed by atoms with Crippen LogP contribution in [-0.4, -0.2) is 12.6 Å². The van der Waals surface area contributed by atoms with Crippen LogP contribution in [0.3, 0.4) is 0 Å². The van der Waals surface area contributed by atoms with Crippen molar-refractivity contribution in [2.24, 2.45) is 5.92 Å². The summed E-state index contributed by atoms with van der Waals surface area (Å²) in [6, 6.07) is 5.36. The lowest BCUT2D eigenvalue weighted by molar-refractivity contribution is 0.0487. The Morgan fingerprint density at radius 2 is 2.27 bits per heavy atom. The summed E-state index contributed by atoms with van der Waals surface area (Å²) in [6.45, 7) is 0.531. The van der Waals surface area contributed by atoms with Gasteiger partial charge in [-0.05, 0) is 59.5 Å². The van der Waals surface area contributed by atoms with Crippen molar-refractivity contribution in [1.29, 1.82) is 0 Å². The number of ether oxygens (including phenoxy) is 1. The van der Waals surface area contributed by atoms with E-state index < -0.39 is 0 Å². The minimum absolute atomic E-state index is 0.307. The van der Waals surface area contributed by atoms with Crippen molar-refractivity contribution in [1.82, 2.24) is 0 Å². The molecular weight excluding hydrogens is 305 g/mol. The second kappa shape index (κ2) is 4.38. The minimum Gasteiger partial charge on any atom is -0.462 e. The average molecular weight is 317 g/mol. The molecule has 1 aromatic carbocycles. The molecule has 0 saturated heterocycles. The number of anilines is 1. The fourth-order valence-corrected chi connectivity index (χ4v) is 1.75. The first-order valence-corrected chi connectivity index (χ1v) is 5.97. The molecule has 1 aliphatic rings. The molecule has 2 N–H and O–H groups in total. The summed E-state index contributed by atoms with van der Waals surface area (Å²) >= 11 is 2.15. The number of carbonyl (C=O) groups is 1. The molecule has 1 saturated carbocycles. The third-order valence-corrected chi connectivity index (χ3v) is 3.05. The lowest BCUT2D eigenvalue weighted by Crippen LogP contribution is -2.10. The van der Waals surface area contributed by atoms with Crippen LogP contribution in [-0.2, 0) is 4.74 Å². The number of hydrogen-bond acceptors (Lipinski definition) is 3. The number of esters is 1. The normalized spacial score (nSPS) is 15.0. The van der Waals surface area contributed by atoms with E-state index in [0.717, 1.165) is 3.57 Å². The van der Waals surface area contributed by atoms with Crippen LogP contribution in [0.2, 0.25) is 0 Å². The molecule has 1 aliphatic carbocycles. The highest BCUT2D eigenvalue weighted by Crippen LogP contribution is 2.29. The topological polar surface area (TPSA) is 52.3 Å². The molecule has 15 heavy (non-hydrogen) atoms. The van der Waals surface area contributed by atoms with Crippen LogP contribution in [0.15, 0.2) is 18.2 Å². The van der Waals surface area contributed by atoms with Crippen molar-refractivity contribution in [2.75, 3.05) is 12.3 Å². The molecule has 0 aliphatic heterocycles. The number of benzene rings is 1. The van der Waals surface area contributed by atoms with Gasteiger partial charge >= 0.3 is 5.97 Å². The molecule has 0 heterocycles. The van der Waals surface area contributed by atoms with Gasteiger partial charge in [0, 0.05) is 9.26 Å². The van der Waals surface area contributed by atoms with Crippen LogP contribution >= 0.6 is 22.6 Å². The molecule has 0 aromatic heterocycles. The zero-order valence-corrected chi connectivity index (χ0v) is 10.4. The van der Waals surface area contributed by atoms with Crippen LogP contribution in [0.5, 0.6) is 0 Å². The van der Waals surface area contributed by atoms with Gasteiger partial charge in [-0.2, -0.15) is 0 Å². The maximum atomic E-state index is 11.6. The predicted octanol–water partition coefficient (Wildman–Crippen LogP) is 2.44. The lowest BCUT2D eigenvalue weighted by Gasteiger charge is -2.06. The highest BCUT2D eigenvalue weighted by molar-refractivity contribution is 14.1. The Morgan fingerprint density at radius 3 is 2.93 bits per heavy atom. The molecule has 0 radical (unpaired) electrons. The van der Waals surface area contributed by atoms with Crippen molar-refractivity contribution in [2.45, 2.75) is 12.8 Å². The van der Waals surface area contributed by atoms with E-state index in [1.807, 2.05) is 6.07 Å². The Bertz CT molecular complexity index is 388. The Morgan fingerprint density at radius 1 is 1.53 bits per heavy atom. The van der Waals surface area contributed by atoms with Gasteiger partial charge in [-0.1, -0.05) is 0 Å². The van der Waals surface area contributed by atoms with E-state index in [1.54, 1.807) is 12.1 Å². The van der Waals surface area contributed by atoms with Gasteiger partial charge in [-0.15, -0.1) is 0 Å². The molecule has 1 fully saturated rings. The van der Waals surface area contributed by atoms with Gasteiger partial charge in [0.05, 0.1) is 12.2 Å². The molecule has 2 rings (SSSR count). The molecule has 0 bridgehead atoms. The number of nitrogen functional groups attached to an aromatic ring is 1. The standard InChI is InChI=1S/C11H12INO2/c12-8-3-4-10(13)9(5-8)11(14)15-6-7-1-2-7/h3-5,7H,1-2,6,13H2. The largest absolute Gasteiger partial charge is 0.462 e. The van der Waals surface area contributed by atoms with Crippen molar-refractivity contribution in [3.05, 3.63) is 27.3 Å². The number of carbonyl (C=O) groups excluding carboxylic acids is 1. The second-order valence-electron chi connectivity index (χ2n) is 3.77. The molecular formula is C11H12INO2. The van der Waals surface area contributed by atoms with Gasteiger partial charge in [0.15, 0.2) is 0 Å². The molecule has 80 valence electrons. The Balaban J connectivity index is 2.05. The molecule has 0 amide bonds. The first-order valence-electron chi connectivity index (χ1n) is 4.89. The van der Waals surface area contributed by atoms with Crippen LogP contribution in [0.25, 0.3) is 0 Å². The molecule has 0 spiro atoms. The van der Waals surface area contributed by atoms with Crippen LogP contribution in [0.1, 0.15) is 23.2 Å². The average Bonchev–Trinajstić information content (AvgIpc) is 3.02. The number of rotatable bonds is 3. The maximum absolute atomic E-state index is 11.6. The lowest BCUT2D eigenvalue weighted by atomic mass is 10.2. The summed E-state index contributed by atoms with van der Waals surface area (Å²) in [5.41, 5.74) is 6.67. The first-order chi connectivity index (χ1) is 7.16. The van der Waals surface area contributed by atoms with Crippen molar-refractivity contribution in [3.8, 4) is 0 Å². The zero-order valence-electron chi connectivity index (χ0n) is 8.20. The number of halogens is 1. The molecule has 0 unspecified atom stereocenters. The van der Waals surface area contributed by atoms with Crippen molar-refractivity contribution >= 4 is 34.2 Å². The summed E-state index contributed by atoms with van der Waals surface area (Å²) in [7, 11) is 0. The highest BCUT2D eigenvalue weighted by Gasteiger charge is 2.23. The minimum atomic E-state index is -0.307. The van der Waals surface area contributed by atoms with Crippen LogP contribution < -0.4 is 5.73 Å². The van der Waals surface area contributed by atoms with Crippen LogP contribution in [0, 0.1) is 9.49 Å². The van der Waals surface area contributed by atoms with Gasteiger partial charge in [0.1, 0.15) is 0 Å². The Labute approximate surface area is 102 Å². The summed E-state index contributed by atoms with van der Waals surface area (Å²) < 4.78 is 6.15. The molecule has 3 nitrogen and oxygen atoms in total. The van der Waals surface area contributed by atoms with E-state index in [-0.39, 0.29) is 5.97 Å². The predicted molar refractivity (Wildman–Crippen MR) is 66.6 cm³/mol. The van der Waals surface area contributed by atoms with Gasteiger partial charge < -0.3 is 10.5 Å². The SMILES string of the molecule is Nc1ccc(I)cc1C(=O)OCC1CC1. The van der Waals surface area contributed by atoms with Gasteiger partial charge in [0.2, 0.25) is 0 Å². The van der Waals surface area contributed by atoms with E-state index in [1.165, 1.54) is 12.8 Å². The van der Waals surface area contributed by atoms with Gasteiger partial charge in [-0.25, -0.2) is 4.79 Å². The Kier molecular flexibility index (Phi) is 3.14.